The van der Waals surface area contributed by atoms with E-state index in [-0.39, 0.29) is 5.60 Å². The number of hydrogen-bond donors (Lipinski definition) is 1. The number of benzene rings is 1. The van der Waals surface area contributed by atoms with Crippen LogP contribution in [0.5, 0.6) is 5.75 Å². The zero-order valence-electron chi connectivity index (χ0n) is 10.6. The van der Waals surface area contributed by atoms with Gasteiger partial charge in [0.1, 0.15) is 11.4 Å². The van der Waals surface area contributed by atoms with Crippen LogP contribution in [-0.2, 0) is 0 Å². The van der Waals surface area contributed by atoms with Crippen LogP contribution in [0.1, 0.15) is 45.2 Å². The maximum Gasteiger partial charge on any atom is 0.120 e. The summed E-state index contributed by atoms with van der Waals surface area (Å²) in [4.78, 5) is 0. The van der Waals surface area contributed by atoms with Gasteiger partial charge >= 0.3 is 0 Å². The number of nitrogens with one attached hydrogen (secondary N) is 1. The highest BCUT2D eigenvalue weighted by Crippen LogP contribution is 2.40. The molecule has 0 amide bonds. The van der Waals surface area contributed by atoms with Crippen molar-refractivity contribution in [3.63, 3.8) is 0 Å². The molecule has 17 heavy (non-hydrogen) atoms. The van der Waals surface area contributed by atoms with E-state index in [1.165, 1.54) is 11.1 Å². The summed E-state index contributed by atoms with van der Waals surface area (Å²) in [5.74, 6) is 1.41. The van der Waals surface area contributed by atoms with Gasteiger partial charge in [-0.1, -0.05) is 13.8 Å². The van der Waals surface area contributed by atoms with Crippen LogP contribution in [-0.4, -0.2) is 15.8 Å². The molecule has 90 valence electrons. The lowest BCUT2D eigenvalue weighted by Crippen LogP contribution is -2.11. The predicted molar refractivity (Wildman–Crippen MR) is 68.4 cm³/mol. The second-order valence-corrected chi connectivity index (χ2v) is 5.52. The van der Waals surface area contributed by atoms with Gasteiger partial charge in [0, 0.05) is 11.1 Å². The van der Waals surface area contributed by atoms with E-state index in [1.54, 1.807) is 0 Å². The summed E-state index contributed by atoms with van der Waals surface area (Å²) >= 11 is 0. The number of nitrogens with zero attached hydrogens (tertiary/aromatic N) is 1. The Labute approximate surface area is 101 Å². The van der Waals surface area contributed by atoms with Crippen LogP contribution < -0.4 is 4.74 Å². The van der Waals surface area contributed by atoms with Gasteiger partial charge in [-0.25, -0.2) is 0 Å². The van der Waals surface area contributed by atoms with Crippen LogP contribution in [0.4, 0.5) is 0 Å². The SMILES string of the molecule is CC(C)c1[nH]nc2ccc(OC3(C)CC3)cc12. The van der Waals surface area contributed by atoms with Crippen LogP contribution >= 0.6 is 0 Å². The molecule has 0 aliphatic heterocycles. The van der Waals surface area contributed by atoms with Gasteiger partial charge in [-0.05, 0) is 43.9 Å². The van der Waals surface area contributed by atoms with Crippen molar-refractivity contribution in [2.24, 2.45) is 0 Å². The predicted octanol–water partition coefficient (Wildman–Crippen LogP) is 3.62. The number of fused-ring (bicyclic) bond motifs is 1. The Balaban J connectivity index is 2.01. The largest absolute Gasteiger partial charge is 0.488 e. The van der Waals surface area contributed by atoms with Crippen molar-refractivity contribution in [1.29, 1.82) is 0 Å². The van der Waals surface area contributed by atoms with Crippen LogP contribution in [0.2, 0.25) is 0 Å². The summed E-state index contributed by atoms with van der Waals surface area (Å²) in [5, 5.41) is 8.61. The van der Waals surface area contributed by atoms with Gasteiger partial charge in [0.2, 0.25) is 0 Å². The smallest absolute Gasteiger partial charge is 0.120 e. The van der Waals surface area contributed by atoms with Crippen LogP contribution in [0.15, 0.2) is 18.2 Å². The van der Waals surface area contributed by atoms with E-state index in [0.29, 0.717) is 5.92 Å². The maximum absolute atomic E-state index is 5.98. The molecule has 3 heteroatoms. The first kappa shape index (κ1) is 10.6. The molecule has 1 aliphatic rings. The average molecular weight is 230 g/mol. The van der Waals surface area contributed by atoms with Crippen molar-refractivity contribution < 1.29 is 4.74 Å². The summed E-state index contributed by atoms with van der Waals surface area (Å²) in [6.07, 6.45) is 2.32. The maximum atomic E-state index is 5.98. The van der Waals surface area contributed by atoms with Crippen molar-refractivity contribution in [1.82, 2.24) is 10.2 Å². The lowest BCUT2D eigenvalue weighted by molar-refractivity contribution is 0.200. The second-order valence-electron chi connectivity index (χ2n) is 5.52. The summed E-state index contributed by atoms with van der Waals surface area (Å²) in [7, 11) is 0. The van der Waals surface area contributed by atoms with Crippen LogP contribution in [0.3, 0.4) is 0 Å². The van der Waals surface area contributed by atoms with Gasteiger partial charge in [-0.15, -0.1) is 0 Å². The monoisotopic (exact) mass is 230 g/mol. The minimum Gasteiger partial charge on any atom is -0.488 e. The number of ether oxygens (including phenoxy) is 1. The third kappa shape index (κ3) is 1.90. The summed E-state index contributed by atoms with van der Waals surface area (Å²) in [5.41, 5.74) is 2.28. The number of rotatable bonds is 3. The van der Waals surface area contributed by atoms with Crippen molar-refractivity contribution >= 4 is 10.9 Å². The Hall–Kier alpha value is -1.51. The van der Waals surface area contributed by atoms with E-state index >= 15 is 0 Å². The van der Waals surface area contributed by atoms with Gasteiger partial charge in [-0.2, -0.15) is 5.10 Å². The van der Waals surface area contributed by atoms with E-state index in [1.807, 2.05) is 12.1 Å². The first-order valence-electron chi connectivity index (χ1n) is 6.24. The Kier molecular flexibility index (Phi) is 2.18. The standard InChI is InChI=1S/C14H18N2O/c1-9(2)13-11-8-10(17-14(3)6-7-14)4-5-12(11)15-16-13/h4-5,8-9H,6-7H2,1-3H3,(H,15,16). The molecular weight excluding hydrogens is 212 g/mol. The molecule has 0 radical (unpaired) electrons. The van der Waals surface area contributed by atoms with E-state index < -0.39 is 0 Å². The molecule has 1 aromatic heterocycles. The fraction of sp³-hybridized carbons (Fsp3) is 0.500. The van der Waals surface area contributed by atoms with Crippen molar-refractivity contribution in [2.75, 3.05) is 0 Å². The molecule has 3 rings (SSSR count). The minimum atomic E-state index is 0.0788. The van der Waals surface area contributed by atoms with Gasteiger partial charge in [0.25, 0.3) is 0 Å². The highest BCUT2D eigenvalue weighted by molar-refractivity contribution is 5.83. The van der Waals surface area contributed by atoms with Gasteiger partial charge < -0.3 is 4.74 Å². The molecule has 0 spiro atoms. The van der Waals surface area contributed by atoms with Crippen LogP contribution in [0.25, 0.3) is 10.9 Å². The first-order chi connectivity index (χ1) is 8.07. The lowest BCUT2D eigenvalue weighted by atomic mass is 10.1. The number of H-pyrrole nitrogens is 1. The normalized spacial score (nSPS) is 17.6. The molecule has 2 aromatic rings. The Bertz CT molecular complexity index is 552. The van der Waals surface area contributed by atoms with E-state index in [0.717, 1.165) is 24.1 Å². The van der Waals surface area contributed by atoms with Crippen molar-refractivity contribution in [3.8, 4) is 5.75 Å². The molecule has 1 heterocycles. The molecule has 1 aromatic carbocycles. The van der Waals surface area contributed by atoms with Crippen molar-refractivity contribution in [3.05, 3.63) is 23.9 Å². The fourth-order valence-electron chi connectivity index (χ4n) is 2.08. The Morgan fingerprint density at radius 1 is 1.35 bits per heavy atom. The lowest BCUT2D eigenvalue weighted by Gasteiger charge is -2.12. The van der Waals surface area contributed by atoms with Gasteiger partial charge in [0.05, 0.1) is 5.52 Å². The highest BCUT2D eigenvalue weighted by atomic mass is 16.5. The zero-order valence-corrected chi connectivity index (χ0v) is 10.6. The molecule has 0 unspecified atom stereocenters. The van der Waals surface area contributed by atoms with E-state index in [4.69, 9.17) is 4.74 Å². The van der Waals surface area contributed by atoms with Gasteiger partial charge in [-0.3, -0.25) is 5.10 Å². The molecule has 3 nitrogen and oxygen atoms in total. The molecule has 1 fully saturated rings. The number of aromatic nitrogens is 2. The minimum absolute atomic E-state index is 0.0788. The fourth-order valence-corrected chi connectivity index (χ4v) is 2.08. The third-order valence-corrected chi connectivity index (χ3v) is 3.45. The van der Waals surface area contributed by atoms with Crippen molar-refractivity contribution in [2.45, 2.75) is 45.1 Å². The Morgan fingerprint density at radius 2 is 2.12 bits per heavy atom. The van der Waals surface area contributed by atoms with Crippen LogP contribution in [0, 0.1) is 0 Å². The summed E-state index contributed by atoms with van der Waals surface area (Å²) < 4.78 is 5.98. The highest BCUT2D eigenvalue weighted by Gasteiger charge is 2.40. The zero-order chi connectivity index (χ0) is 12.0. The summed E-state index contributed by atoms with van der Waals surface area (Å²) in [6, 6.07) is 6.15. The summed E-state index contributed by atoms with van der Waals surface area (Å²) in [6.45, 7) is 6.50. The first-order valence-corrected chi connectivity index (χ1v) is 6.24. The number of aromatic amines is 1. The molecule has 1 aliphatic carbocycles. The van der Waals surface area contributed by atoms with E-state index in [9.17, 15) is 0 Å². The topological polar surface area (TPSA) is 37.9 Å². The molecule has 0 bridgehead atoms. The quantitative estimate of drug-likeness (QED) is 0.874. The second kappa shape index (κ2) is 3.49. The number of hydrogen-bond acceptors (Lipinski definition) is 2. The third-order valence-electron chi connectivity index (χ3n) is 3.45. The molecule has 1 N–H and O–H groups in total. The van der Waals surface area contributed by atoms with E-state index in [2.05, 4.69) is 37.0 Å². The van der Waals surface area contributed by atoms with Gasteiger partial charge in [0.15, 0.2) is 0 Å². The Morgan fingerprint density at radius 3 is 2.76 bits per heavy atom. The molecule has 0 saturated heterocycles. The molecule has 1 saturated carbocycles. The molecular formula is C14H18N2O. The molecule has 0 atom stereocenters. The average Bonchev–Trinajstić information content (AvgIpc) is 2.85.